The highest BCUT2D eigenvalue weighted by atomic mass is 16.5. The van der Waals surface area contributed by atoms with Crippen molar-refractivity contribution in [3.8, 4) is 23.0 Å². The summed E-state index contributed by atoms with van der Waals surface area (Å²) in [5, 5.41) is 3.36. The number of esters is 1. The molecule has 2 aromatic carbocycles. The molecule has 1 N–H and O–H groups in total. The Hall–Kier alpha value is -3.94. The third-order valence-corrected chi connectivity index (χ3v) is 7.09. The Morgan fingerprint density at radius 3 is 2.18 bits per heavy atom. The van der Waals surface area contributed by atoms with Crippen LogP contribution in [0.5, 0.6) is 23.0 Å². The number of rotatable bonds is 9. The first kappa shape index (κ1) is 27.1. The van der Waals surface area contributed by atoms with E-state index in [1.54, 1.807) is 21.3 Å². The molecule has 0 spiro atoms. The van der Waals surface area contributed by atoms with Crippen LogP contribution < -0.4 is 24.3 Å². The van der Waals surface area contributed by atoms with Crippen molar-refractivity contribution >= 4 is 11.8 Å². The number of allylic oxidation sites excluding steroid dienone is 3. The van der Waals surface area contributed by atoms with Gasteiger partial charge in [-0.05, 0) is 61.1 Å². The number of hydrogen-bond acceptors (Lipinski definition) is 8. The van der Waals surface area contributed by atoms with Gasteiger partial charge in [-0.25, -0.2) is 4.79 Å². The van der Waals surface area contributed by atoms with Crippen LogP contribution in [-0.4, -0.2) is 46.8 Å². The van der Waals surface area contributed by atoms with Gasteiger partial charge in [0.25, 0.3) is 0 Å². The van der Waals surface area contributed by atoms with Crippen LogP contribution in [0.1, 0.15) is 56.1 Å². The molecule has 0 saturated carbocycles. The molecule has 0 fully saturated rings. The minimum absolute atomic E-state index is 0.0253. The van der Waals surface area contributed by atoms with E-state index >= 15 is 0 Å². The fourth-order valence-corrected chi connectivity index (χ4v) is 5.29. The van der Waals surface area contributed by atoms with E-state index in [2.05, 4.69) is 5.32 Å². The van der Waals surface area contributed by atoms with Crippen molar-refractivity contribution in [2.45, 2.75) is 44.9 Å². The van der Waals surface area contributed by atoms with E-state index in [0.29, 0.717) is 59.3 Å². The van der Waals surface area contributed by atoms with Crippen LogP contribution >= 0.6 is 0 Å². The number of Topliss-reactive ketones (excluding diaryl/α,β-unsaturated/α-hetero) is 1. The van der Waals surface area contributed by atoms with Gasteiger partial charge in [0.15, 0.2) is 28.8 Å². The Morgan fingerprint density at radius 2 is 1.53 bits per heavy atom. The number of benzene rings is 2. The number of dihydropyridines is 1. The first-order chi connectivity index (χ1) is 18.4. The minimum atomic E-state index is -0.591. The van der Waals surface area contributed by atoms with Crippen molar-refractivity contribution in [3.63, 3.8) is 0 Å². The van der Waals surface area contributed by atoms with Gasteiger partial charge in [-0.15, -0.1) is 0 Å². The van der Waals surface area contributed by atoms with E-state index in [1.165, 1.54) is 7.11 Å². The zero-order chi connectivity index (χ0) is 27.4. The van der Waals surface area contributed by atoms with Gasteiger partial charge in [0.05, 0.1) is 40.6 Å². The molecule has 0 amide bonds. The monoisotopic (exact) mass is 521 g/mol. The molecule has 8 heteroatoms. The first-order valence-corrected chi connectivity index (χ1v) is 12.7. The smallest absolute Gasteiger partial charge is 0.336 e. The van der Waals surface area contributed by atoms with Gasteiger partial charge in [-0.3, -0.25) is 4.79 Å². The standard InChI is InChI=1S/C30H35NO7/c1-7-12-38-24-11-9-19(16-26(24)36-5)28-27(30(33)37-6)17(2)31-21-13-20(14-22(32)29(21)28)18-8-10-23(34-3)25(15-18)35-4/h8-11,15-16,20,28,31H,7,12-14H2,1-6H3/t20-,28+/m0/s1. The van der Waals surface area contributed by atoms with E-state index in [9.17, 15) is 9.59 Å². The van der Waals surface area contributed by atoms with Gasteiger partial charge in [-0.1, -0.05) is 19.1 Å². The average molecular weight is 522 g/mol. The lowest BCUT2D eigenvalue weighted by molar-refractivity contribution is -0.136. The molecule has 4 rings (SSSR count). The molecule has 1 aliphatic heterocycles. The van der Waals surface area contributed by atoms with Gasteiger partial charge >= 0.3 is 5.97 Å². The average Bonchev–Trinajstić information content (AvgIpc) is 2.94. The number of methoxy groups -OCH3 is 4. The van der Waals surface area contributed by atoms with Gasteiger partial charge in [-0.2, -0.15) is 0 Å². The second-order valence-corrected chi connectivity index (χ2v) is 9.38. The third kappa shape index (κ3) is 5.08. The molecule has 2 atom stereocenters. The highest BCUT2D eigenvalue weighted by Gasteiger charge is 2.41. The van der Waals surface area contributed by atoms with E-state index < -0.39 is 11.9 Å². The van der Waals surface area contributed by atoms with Crippen LogP contribution in [0.25, 0.3) is 0 Å². The lowest BCUT2D eigenvalue weighted by atomic mass is 9.71. The maximum atomic E-state index is 13.8. The summed E-state index contributed by atoms with van der Waals surface area (Å²) < 4.78 is 27.4. The predicted octanol–water partition coefficient (Wildman–Crippen LogP) is 5.04. The summed E-state index contributed by atoms with van der Waals surface area (Å²) >= 11 is 0. The zero-order valence-corrected chi connectivity index (χ0v) is 22.8. The van der Waals surface area contributed by atoms with Crippen molar-refractivity contribution in [1.29, 1.82) is 0 Å². The number of nitrogens with one attached hydrogen (secondary N) is 1. The van der Waals surface area contributed by atoms with Crippen LogP contribution in [0.4, 0.5) is 0 Å². The van der Waals surface area contributed by atoms with Crippen LogP contribution in [0, 0.1) is 0 Å². The minimum Gasteiger partial charge on any atom is -0.493 e. The van der Waals surface area contributed by atoms with Gasteiger partial charge in [0.1, 0.15) is 0 Å². The van der Waals surface area contributed by atoms with Crippen molar-refractivity contribution in [1.82, 2.24) is 5.32 Å². The van der Waals surface area contributed by atoms with Crippen LogP contribution in [0.15, 0.2) is 58.9 Å². The molecule has 2 aliphatic rings. The van der Waals surface area contributed by atoms with Crippen molar-refractivity contribution in [2.75, 3.05) is 35.0 Å². The second-order valence-electron chi connectivity index (χ2n) is 9.38. The molecule has 0 saturated heterocycles. The fraction of sp³-hybridized carbons (Fsp3) is 0.400. The molecule has 1 heterocycles. The Labute approximate surface area is 223 Å². The van der Waals surface area contributed by atoms with Gasteiger partial charge < -0.3 is 29.0 Å². The summed E-state index contributed by atoms with van der Waals surface area (Å²) in [7, 11) is 6.11. The van der Waals surface area contributed by atoms with Crippen molar-refractivity contribution in [2.24, 2.45) is 0 Å². The number of hydrogen-bond donors (Lipinski definition) is 1. The number of ether oxygens (including phenoxy) is 5. The lowest BCUT2D eigenvalue weighted by Crippen LogP contribution is -2.36. The Balaban J connectivity index is 1.78. The SMILES string of the molecule is CCCOc1ccc([C@@H]2C(C(=O)OC)=C(C)NC3=C2C(=O)C[C@@H](c2ccc(OC)c(OC)c2)C3)cc1OC. The molecule has 0 bridgehead atoms. The van der Waals surface area contributed by atoms with Gasteiger partial charge in [0.2, 0.25) is 0 Å². The molecule has 8 nitrogen and oxygen atoms in total. The highest BCUT2D eigenvalue weighted by molar-refractivity contribution is 6.04. The quantitative estimate of drug-likeness (QED) is 0.459. The van der Waals surface area contributed by atoms with Gasteiger partial charge in [0, 0.05) is 29.3 Å². The molecular weight excluding hydrogens is 486 g/mol. The molecule has 0 unspecified atom stereocenters. The second kappa shape index (κ2) is 11.6. The molecule has 0 radical (unpaired) electrons. The lowest BCUT2D eigenvalue weighted by Gasteiger charge is -2.36. The largest absolute Gasteiger partial charge is 0.493 e. The third-order valence-electron chi connectivity index (χ3n) is 7.09. The van der Waals surface area contributed by atoms with E-state index in [4.69, 9.17) is 23.7 Å². The highest BCUT2D eigenvalue weighted by Crippen LogP contribution is 2.47. The predicted molar refractivity (Wildman–Crippen MR) is 143 cm³/mol. The van der Waals surface area contributed by atoms with E-state index in [0.717, 1.165) is 23.2 Å². The summed E-state index contributed by atoms with van der Waals surface area (Å²) in [6.07, 6.45) is 1.77. The van der Waals surface area contributed by atoms with E-state index in [1.807, 2.05) is 50.2 Å². The van der Waals surface area contributed by atoms with Crippen LogP contribution in [0.3, 0.4) is 0 Å². The number of carbonyl (C=O) groups excluding carboxylic acids is 2. The summed E-state index contributed by atoms with van der Waals surface area (Å²) in [6, 6.07) is 11.3. The number of carbonyl (C=O) groups is 2. The zero-order valence-electron chi connectivity index (χ0n) is 22.8. The Bertz CT molecular complexity index is 1290. The van der Waals surface area contributed by atoms with Crippen molar-refractivity contribution in [3.05, 3.63) is 70.1 Å². The summed E-state index contributed by atoms with van der Waals surface area (Å²) in [4.78, 5) is 26.8. The Kier molecular flexibility index (Phi) is 8.29. The molecule has 1 aliphatic carbocycles. The van der Waals surface area contributed by atoms with Crippen molar-refractivity contribution < 1.29 is 33.3 Å². The van der Waals surface area contributed by atoms with Crippen LogP contribution in [0.2, 0.25) is 0 Å². The summed E-state index contributed by atoms with van der Waals surface area (Å²) in [6.45, 7) is 4.42. The summed E-state index contributed by atoms with van der Waals surface area (Å²) in [5.41, 5.74) is 4.20. The normalized spacial score (nSPS) is 18.9. The topological polar surface area (TPSA) is 92.3 Å². The fourth-order valence-electron chi connectivity index (χ4n) is 5.29. The maximum absolute atomic E-state index is 13.8. The maximum Gasteiger partial charge on any atom is 0.336 e. The Morgan fingerprint density at radius 1 is 0.895 bits per heavy atom. The molecule has 202 valence electrons. The molecular formula is C30H35NO7. The first-order valence-electron chi connectivity index (χ1n) is 12.7. The molecule has 38 heavy (non-hydrogen) atoms. The molecule has 2 aromatic rings. The van der Waals surface area contributed by atoms with Crippen LogP contribution in [-0.2, 0) is 14.3 Å². The number of ketones is 1. The molecule has 0 aromatic heterocycles. The van der Waals surface area contributed by atoms with E-state index in [-0.39, 0.29) is 11.7 Å². The summed E-state index contributed by atoms with van der Waals surface area (Å²) in [5.74, 6) is 1.27.